The van der Waals surface area contributed by atoms with Crippen molar-refractivity contribution in [3.05, 3.63) is 33.6 Å². The smallest absolute Gasteiger partial charge is 0.135 e. The van der Waals surface area contributed by atoms with E-state index in [1.165, 1.54) is 0 Å². The zero-order valence-corrected chi connectivity index (χ0v) is 11.4. The van der Waals surface area contributed by atoms with Crippen LogP contribution < -0.4 is 0 Å². The monoisotopic (exact) mass is 293 g/mol. The van der Waals surface area contributed by atoms with E-state index in [-0.39, 0.29) is 0 Å². The summed E-state index contributed by atoms with van der Waals surface area (Å²) in [5, 5.41) is 28.1. The Kier molecular flexibility index (Phi) is 3.04. The third kappa shape index (κ3) is 1.98. The number of rotatable bonds is 0. The summed E-state index contributed by atoms with van der Waals surface area (Å²) in [5.41, 5.74) is 1.77. The van der Waals surface area contributed by atoms with Crippen LogP contribution in [0.5, 0.6) is 0 Å². The number of thioether (sulfide) groups is 2. The lowest BCUT2D eigenvalue weighted by Crippen LogP contribution is -1.98. The highest BCUT2D eigenvalue weighted by atomic mass is 32.2. The minimum absolute atomic E-state index is 0.329. The van der Waals surface area contributed by atoms with Gasteiger partial charge in [0, 0.05) is 0 Å². The van der Waals surface area contributed by atoms with Gasteiger partial charge in [-0.05, 0) is 18.2 Å². The summed E-state index contributed by atoms with van der Waals surface area (Å²) in [4.78, 5) is 9.53. The van der Waals surface area contributed by atoms with Gasteiger partial charge >= 0.3 is 0 Å². The minimum Gasteiger partial charge on any atom is -0.237 e. The molecule has 0 aliphatic carbocycles. The van der Waals surface area contributed by atoms with Gasteiger partial charge in [-0.2, -0.15) is 15.8 Å². The van der Waals surface area contributed by atoms with E-state index < -0.39 is 0 Å². The Labute approximate surface area is 122 Å². The number of nitriles is 3. The van der Waals surface area contributed by atoms with Gasteiger partial charge in [-0.3, -0.25) is 0 Å². The van der Waals surface area contributed by atoms with Crippen LogP contribution in [0.15, 0.2) is 38.1 Å². The Morgan fingerprint density at radius 2 is 1.40 bits per heavy atom. The topological polar surface area (TPSA) is 97.1 Å². The van der Waals surface area contributed by atoms with E-state index in [0.29, 0.717) is 36.5 Å². The van der Waals surface area contributed by atoms with Crippen LogP contribution in [0.3, 0.4) is 0 Å². The van der Waals surface area contributed by atoms with Gasteiger partial charge in [0.15, 0.2) is 0 Å². The third-order valence-electron chi connectivity index (χ3n) is 2.54. The molecule has 5 nitrogen and oxygen atoms in total. The molecule has 0 fully saturated rings. The fourth-order valence-corrected chi connectivity index (χ4v) is 3.47. The van der Waals surface area contributed by atoms with Gasteiger partial charge in [0.25, 0.3) is 0 Å². The number of fused-ring (bicyclic) bond motifs is 2. The molecule has 0 unspecified atom stereocenters. The molecule has 0 atom stereocenters. The van der Waals surface area contributed by atoms with Crippen molar-refractivity contribution in [2.75, 3.05) is 0 Å². The van der Waals surface area contributed by atoms with E-state index in [4.69, 9.17) is 15.8 Å². The van der Waals surface area contributed by atoms with Crippen molar-refractivity contribution in [1.82, 2.24) is 9.97 Å². The molecule has 2 heterocycles. The molecule has 7 heteroatoms. The van der Waals surface area contributed by atoms with Crippen molar-refractivity contribution >= 4 is 34.6 Å². The van der Waals surface area contributed by atoms with Crippen molar-refractivity contribution in [1.29, 1.82) is 15.8 Å². The number of hydrogen-bond acceptors (Lipinski definition) is 7. The Morgan fingerprint density at radius 1 is 0.800 bits per heavy atom. The molecular weight excluding hydrogens is 290 g/mol. The summed E-state index contributed by atoms with van der Waals surface area (Å²) in [6, 6.07) is 11.1. The first-order valence-electron chi connectivity index (χ1n) is 5.37. The van der Waals surface area contributed by atoms with Crippen LogP contribution in [-0.2, 0) is 0 Å². The van der Waals surface area contributed by atoms with Crippen LogP contribution in [0.1, 0.15) is 5.56 Å². The van der Waals surface area contributed by atoms with Gasteiger partial charge in [0.2, 0.25) is 0 Å². The molecule has 1 aromatic carbocycles. The largest absolute Gasteiger partial charge is 0.237 e. The lowest BCUT2D eigenvalue weighted by molar-refractivity contribution is 0.972. The van der Waals surface area contributed by atoms with Crippen LogP contribution in [-0.4, -0.2) is 9.97 Å². The van der Waals surface area contributed by atoms with Crippen molar-refractivity contribution < 1.29 is 0 Å². The molecule has 1 aliphatic heterocycles. The molecule has 0 saturated heterocycles. The third-order valence-corrected chi connectivity index (χ3v) is 4.75. The zero-order chi connectivity index (χ0) is 14.1. The molecule has 0 radical (unpaired) electrons. The predicted octanol–water partition coefficient (Wildman–Crippen LogP) is 2.96. The lowest BCUT2D eigenvalue weighted by atomic mass is 10.2. The normalized spacial score (nSPS) is 13.2. The molecular formula is C13H3N5S2. The molecule has 3 rings (SSSR count). The number of hydrogen-bond donors (Lipinski definition) is 0. The number of nitrogens with zero attached hydrogens (tertiary/aromatic N) is 5. The quantitative estimate of drug-likeness (QED) is 0.736. The maximum atomic E-state index is 9.03. The predicted molar refractivity (Wildman–Crippen MR) is 74.2 cm³/mol. The van der Waals surface area contributed by atoms with Crippen molar-refractivity contribution in [2.45, 2.75) is 10.1 Å². The molecule has 0 spiro atoms. The van der Waals surface area contributed by atoms with Gasteiger partial charge in [-0.1, -0.05) is 23.5 Å². The van der Waals surface area contributed by atoms with Gasteiger partial charge in [0.1, 0.15) is 32.0 Å². The zero-order valence-electron chi connectivity index (χ0n) is 9.78. The second-order valence-electron chi connectivity index (χ2n) is 3.74. The number of aromatic nitrogens is 2. The van der Waals surface area contributed by atoms with Crippen LogP contribution in [0, 0.1) is 34.0 Å². The molecule has 0 amide bonds. The molecule has 0 bridgehead atoms. The summed E-state index contributed by atoms with van der Waals surface area (Å²) in [5.74, 6) is 0. The Hall–Kier alpha value is -2.53. The van der Waals surface area contributed by atoms with E-state index in [1.807, 2.05) is 12.1 Å². The molecule has 92 valence electrons. The highest BCUT2D eigenvalue weighted by Crippen LogP contribution is 2.44. The van der Waals surface area contributed by atoms with Crippen molar-refractivity contribution in [3.63, 3.8) is 0 Å². The summed E-state index contributed by atoms with van der Waals surface area (Å²) in [6.07, 6.45) is 0. The molecule has 1 aromatic heterocycles. The van der Waals surface area contributed by atoms with Gasteiger partial charge in [-0.15, -0.1) is 0 Å². The van der Waals surface area contributed by atoms with Crippen LogP contribution in [0.2, 0.25) is 0 Å². The SMILES string of the molecule is N#CC1=C(C#N)Sc2nc3cc(C#N)ccc3nc2S1. The summed E-state index contributed by atoms with van der Waals surface area (Å²) in [6.45, 7) is 0. The van der Waals surface area contributed by atoms with Crippen LogP contribution >= 0.6 is 23.5 Å². The first-order valence-corrected chi connectivity index (χ1v) is 7.00. The summed E-state index contributed by atoms with van der Waals surface area (Å²) in [7, 11) is 0. The fraction of sp³-hybridized carbons (Fsp3) is 0. The lowest BCUT2D eigenvalue weighted by Gasteiger charge is -2.13. The molecule has 1 aliphatic rings. The molecule has 2 aromatic rings. The first-order chi connectivity index (χ1) is 9.75. The second-order valence-corrected chi connectivity index (χ2v) is 5.73. The summed E-state index contributed by atoms with van der Waals surface area (Å²) < 4.78 is 0. The van der Waals surface area contributed by atoms with Gasteiger partial charge in [0.05, 0.1) is 22.7 Å². The Balaban J connectivity index is 2.18. The second kappa shape index (κ2) is 4.86. The molecule has 0 saturated carbocycles. The van der Waals surface area contributed by atoms with E-state index in [0.717, 1.165) is 23.5 Å². The van der Waals surface area contributed by atoms with E-state index in [2.05, 4.69) is 16.0 Å². The van der Waals surface area contributed by atoms with E-state index >= 15 is 0 Å². The molecule has 20 heavy (non-hydrogen) atoms. The standard InChI is InChI=1S/C13H3N5S2/c14-4-7-1-2-8-9(3-7)18-13-12(17-8)19-10(5-15)11(6-16)20-13/h1-3H. The summed E-state index contributed by atoms with van der Waals surface area (Å²) >= 11 is 2.29. The number of benzene rings is 1. The Bertz CT molecular complexity index is 896. The highest BCUT2D eigenvalue weighted by Gasteiger charge is 2.23. The average molecular weight is 293 g/mol. The van der Waals surface area contributed by atoms with Crippen LogP contribution in [0.4, 0.5) is 0 Å². The number of allylic oxidation sites excluding steroid dienone is 2. The fourth-order valence-electron chi connectivity index (χ4n) is 1.66. The average Bonchev–Trinajstić information content (AvgIpc) is 2.50. The van der Waals surface area contributed by atoms with Crippen molar-refractivity contribution in [2.24, 2.45) is 0 Å². The first kappa shape index (κ1) is 12.5. The van der Waals surface area contributed by atoms with Crippen molar-refractivity contribution in [3.8, 4) is 18.2 Å². The minimum atomic E-state index is 0.329. The molecule has 0 N–H and O–H groups in total. The van der Waals surface area contributed by atoms with Gasteiger partial charge < -0.3 is 0 Å². The van der Waals surface area contributed by atoms with E-state index in [9.17, 15) is 0 Å². The van der Waals surface area contributed by atoms with Gasteiger partial charge in [-0.25, -0.2) is 9.97 Å². The van der Waals surface area contributed by atoms with Crippen LogP contribution in [0.25, 0.3) is 11.0 Å². The maximum Gasteiger partial charge on any atom is 0.135 e. The highest BCUT2D eigenvalue weighted by molar-refractivity contribution is 8.09. The van der Waals surface area contributed by atoms with E-state index in [1.54, 1.807) is 18.2 Å². The Morgan fingerprint density at radius 3 is 1.95 bits per heavy atom. The maximum absolute atomic E-state index is 9.03.